The lowest BCUT2D eigenvalue weighted by Crippen LogP contribution is -2.54. The smallest absolute Gasteiger partial charge is 0.264 e. The molecule has 1 N–H and O–H groups in total. The molecule has 1 atom stereocenters. The molecule has 0 aliphatic rings. The Balaban J connectivity index is 1.81. The van der Waals surface area contributed by atoms with Crippen LogP contribution >= 0.6 is 0 Å². The summed E-state index contributed by atoms with van der Waals surface area (Å²) in [6, 6.07) is 24.5. The maximum Gasteiger partial charge on any atom is 0.264 e. The standard InChI is InChI=1S/C34H35F2N3O4S/c1-24(2)37-34(41)32(21-26-9-5-4-6-10-26)38(22-27-11-7-8-12-31(27)36)33(40)23-39(29-17-13-25(3)14-18-29)44(42,43)30-19-15-28(35)16-20-30/h4-20,24,32H,21-23H2,1-3H3,(H,37,41). The van der Waals surface area contributed by atoms with E-state index in [-0.39, 0.29) is 35.2 Å². The number of carbonyl (C=O) groups excluding carboxylic acids is 2. The van der Waals surface area contributed by atoms with Gasteiger partial charge in [0, 0.05) is 24.6 Å². The number of nitrogens with zero attached hydrogens (tertiary/aromatic N) is 2. The number of rotatable bonds is 12. The average Bonchev–Trinajstić information content (AvgIpc) is 2.99. The van der Waals surface area contributed by atoms with Crippen LogP contribution in [0, 0.1) is 18.6 Å². The van der Waals surface area contributed by atoms with Gasteiger partial charge in [0.15, 0.2) is 0 Å². The fraction of sp³-hybridized carbons (Fsp3) is 0.235. The van der Waals surface area contributed by atoms with E-state index >= 15 is 0 Å². The highest BCUT2D eigenvalue weighted by Gasteiger charge is 2.35. The van der Waals surface area contributed by atoms with Gasteiger partial charge >= 0.3 is 0 Å². The molecule has 230 valence electrons. The molecule has 4 rings (SSSR count). The molecule has 10 heteroatoms. The molecular formula is C34H35F2N3O4S. The van der Waals surface area contributed by atoms with Crippen molar-refractivity contribution in [3.8, 4) is 0 Å². The number of halogens is 2. The van der Waals surface area contributed by atoms with Crippen LogP contribution in [0.15, 0.2) is 108 Å². The normalized spacial score (nSPS) is 12.0. The van der Waals surface area contributed by atoms with Crippen molar-refractivity contribution in [3.63, 3.8) is 0 Å². The van der Waals surface area contributed by atoms with Crippen LogP contribution in [0.2, 0.25) is 0 Å². The van der Waals surface area contributed by atoms with Gasteiger partial charge in [-0.2, -0.15) is 0 Å². The summed E-state index contributed by atoms with van der Waals surface area (Å²) in [5.41, 5.74) is 2.00. The van der Waals surface area contributed by atoms with Gasteiger partial charge in [-0.25, -0.2) is 17.2 Å². The van der Waals surface area contributed by atoms with Crippen LogP contribution in [0.4, 0.5) is 14.5 Å². The van der Waals surface area contributed by atoms with E-state index in [1.54, 1.807) is 44.2 Å². The summed E-state index contributed by atoms with van der Waals surface area (Å²) in [5.74, 6) is -2.36. The number of benzene rings is 4. The number of nitrogens with one attached hydrogen (secondary N) is 1. The third kappa shape index (κ3) is 8.08. The summed E-state index contributed by atoms with van der Waals surface area (Å²) in [7, 11) is -4.37. The highest BCUT2D eigenvalue weighted by atomic mass is 32.2. The van der Waals surface area contributed by atoms with Crippen molar-refractivity contribution in [1.29, 1.82) is 0 Å². The van der Waals surface area contributed by atoms with Gasteiger partial charge in [-0.1, -0.05) is 66.2 Å². The van der Waals surface area contributed by atoms with Crippen molar-refractivity contribution in [1.82, 2.24) is 10.2 Å². The Morgan fingerprint density at radius 1 is 0.818 bits per heavy atom. The Hall–Kier alpha value is -4.57. The van der Waals surface area contributed by atoms with Gasteiger partial charge in [0.25, 0.3) is 10.0 Å². The van der Waals surface area contributed by atoms with Gasteiger partial charge < -0.3 is 10.2 Å². The quantitative estimate of drug-likeness (QED) is 0.223. The molecule has 0 radical (unpaired) electrons. The van der Waals surface area contributed by atoms with E-state index in [0.29, 0.717) is 0 Å². The van der Waals surface area contributed by atoms with Crippen molar-refractivity contribution < 1.29 is 26.8 Å². The SMILES string of the molecule is Cc1ccc(N(CC(=O)N(Cc2ccccc2F)C(Cc2ccccc2)C(=O)NC(C)C)S(=O)(=O)c2ccc(F)cc2)cc1. The number of aryl methyl sites for hydroxylation is 1. The minimum Gasteiger partial charge on any atom is -0.352 e. The van der Waals surface area contributed by atoms with E-state index in [0.717, 1.165) is 39.7 Å². The monoisotopic (exact) mass is 619 g/mol. The molecule has 44 heavy (non-hydrogen) atoms. The topological polar surface area (TPSA) is 86.8 Å². The van der Waals surface area contributed by atoms with Gasteiger partial charge in [0.05, 0.1) is 10.6 Å². The molecule has 1 unspecified atom stereocenters. The minimum atomic E-state index is -4.37. The molecule has 4 aromatic rings. The molecule has 0 spiro atoms. The van der Waals surface area contributed by atoms with E-state index < -0.39 is 46.1 Å². The van der Waals surface area contributed by atoms with Gasteiger partial charge in [-0.15, -0.1) is 0 Å². The first kappa shape index (κ1) is 32.3. The number of carbonyl (C=O) groups is 2. The average molecular weight is 620 g/mol. The summed E-state index contributed by atoms with van der Waals surface area (Å²) in [5, 5.41) is 2.86. The van der Waals surface area contributed by atoms with Crippen molar-refractivity contribution in [2.45, 2.75) is 50.7 Å². The molecule has 0 saturated carbocycles. The summed E-state index contributed by atoms with van der Waals surface area (Å²) in [4.78, 5) is 29.0. The molecule has 0 saturated heterocycles. The van der Waals surface area contributed by atoms with Crippen molar-refractivity contribution >= 4 is 27.5 Å². The minimum absolute atomic E-state index is 0.106. The third-order valence-electron chi connectivity index (χ3n) is 7.00. The molecule has 7 nitrogen and oxygen atoms in total. The fourth-order valence-electron chi connectivity index (χ4n) is 4.72. The molecule has 0 heterocycles. The Morgan fingerprint density at radius 3 is 2.05 bits per heavy atom. The van der Waals surface area contributed by atoms with Crippen LogP contribution in [0.1, 0.15) is 30.5 Å². The van der Waals surface area contributed by atoms with Crippen LogP contribution in [-0.2, 0) is 32.6 Å². The molecule has 2 amide bonds. The summed E-state index contributed by atoms with van der Waals surface area (Å²) in [6.07, 6.45) is 0.106. The summed E-state index contributed by atoms with van der Waals surface area (Å²) in [6.45, 7) is 4.43. The maximum atomic E-state index is 14.9. The predicted molar refractivity (Wildman–Crippen MR) is 166 cm³/mol. The number of amides is 2. The number of sulfonamides is 1. The number of hydrogen-bond donors (Lipinski definition) is 1. The lowest BCUT2D eigenvalue weighted by Gasteiger charge is -2.34. The lowest BCUT2D eigenvalue weighted by molar-refractivity contribution is -0.140. The predicted octanol–water partition coefficient (Wildman–Crippen LogP) is 5.63. The van der Waals surface area contributed by atoms with Crippen LogP contribution < -0.4 is 9.62 Å². The first-order chi connectivity index (χ1) is 21.0. The van der Waals surface area contributed by atoms with Crippen LogP contribution in [-0.4, -0.2) is 43.8 Å². The summed E-state index contributed by atoms with van der Waals surface area (Å²) < 4.78 is 57.4. The Bertz CT molecular complexity index is 1680. The third-order valence-corrected chi connectivity index (χ3v) is 8.79. The van der Waals surface area contributed by atoms with Crippen molar-refractivity contribution in [2.75, 3.05) is 10.8 Å². The first-order valence-electron chi connectivity index (χ1n) is 14.2. The van der Waals surface area contributed by atoms with Crippen molar-refractivity contribution in [3.05, 3.63) is 131 Å². The zero-order valence-corrected chi connectivity index (χ0v) is 25.6. The molecule has 0 aromatic heterocycles. The molecule has 0 aliphatic heterocycles. The largest absolute Gasteiger partial charge is 0.352 e. The zero-order chi connectivity index (χ0) is 31.9. The summed E-state index contributed by atoms with van der Waals surface area (Å²) >= 11 is 0. The Labute approximate surface area is 257 Å². The second-order valence-electron chi connectivity index (χ2n) is 10.8. The lowest BCUT2D eigenvalue weighted by atomic mass is 10.0. The van der Waals surface area contributed by atoms with E-state index in [4.69, 9.17) is 0 Å². The van der Waals surface area contributed by atoms with Gasteiger partial charge in [-0.05, 0) is 68.8 Å². The second kappa shape index (κ2) is 14.3. The number of hydrogen-bond acceptors (Lipinski definition) is 4. The van der Waals surface area contributed by atoms with E-state index in [1.807, 2.05) is 37.3 Å². The van der Waals surface area contributed by atoms with Gasteiger partial charge in [0.2, 0.25) is 11.8 Å². The maximum absolute atomic E-state index is 14.9. The second-order valence-corrected chi connectivity index (χ2v) is 12.6. The highest BCUT2D eigenvalue weighted by Crippen LogP contribution is 2.26. The highest BCUT2D eigenvalue weighted by molar-refractivity contribution is 7.92. The zero-order valence-electron chi connectivity index (χ0n) is 24.8. The molecular weight excluding hydrogens is 584 g/mol. The Morgan fingerprint density at radius 2 is 1.43 bits per heavy atom. The van der Waals surface area contributed by atoms with Crippen LogP contribution in [0.25, 0.3) is 0 Å². The van der Waals surface area contributed by atoms with E-state index in [9.17, 15) is 26.8 Å². The number of anilines is 1. The van der Waals surface area contributed by atoms with Crippen LogP contribution in [0.5, 0.6) is 0 Å². The van der Waals surface area contributed by atoms with Crippen LogP contribution in [0.3, 0.4) is 0 Å². The molecule has 4 aromatic carbocycles. The fourth-order valence-corrected chi connectivity index (χ4v) is 6.13. The first-order valence-corrected chi connectivity index (χ1v) is 15.6. The Kier molecular flexibility index (Phi) is 10.5. The van der Waals surface area contributed by atoms with Gasteiger partial charge in [0.1, 0.15) is 24.2 Å². The van der Waals surface area contributed by atoms with E-state index in [2.05, 4.69) is 5.32 Å². The van der Waals surface area contributed by atoms with E-state index in [1.165, 1.54) is 23.1 Å². The van der Waals surface area contributed by atoms with Gasteiger partial charge in [-0.3, -0.25) is 13.9 Å². The molecule has 0 fully saturated rings. The molecule has 0 aliphatic carbocycles. The molecule has 0 bridgehead atoms. The van der Waals surface area contributed by atoms with Crippen molar-refractivity contribution in [2.24, 2.45) is 0 Å².